The second kappa shape index (κ2) is 5.66. The lowest BCUT2D eigenvalue weighted by molar-refractivity contribution is 0.624. The van der Waals surface area contributed by atoms with Crippen LogP contribution in [0.15, 0.2) is 29.2 Å². The Morgan fingerprint density at radius 3 is 2.92 bits per heavy atom. The van der Waals surface area contributed by atoms with E-state index in [0.29, 0.717) is 5.92 Å². The Bertz CT molecular complexity index is 265. The third-order valence-corrected chi connectivity index (χ3v) is 4.02. The van der Waals surface area contributed by atoms with E-state index in [4.69, 9.17) is 0 Å². The normalized spacial score (nSPS) is 12.8. The van der Waals surface area contributed by atoms with Gasteiger partial charge in [-0.15, -0.1) is 11.8 Å². The second-order valence-corrected chi connectivity index (χ2v) is 4.77. The van der Waals surface area contributed by atoms with Crippen LogP contribution in [-0.2, 0) is 0 Å². The van der Waals surface area contributed by atoms with Crippen molar-refractivity contribution in [3.8, 4) is 0 Å². The van der Waals surface area contributed by atoms with Gasteiger partial charge in [-0.05, 0) is 24.1 Å². The van der Waals surface area contributed by atoms with E-state index in [1.165, 1.54) is 6.07 Å². The second-order valence-electron chi connectivity index (χ2n) is 3.03. The van der Waals surface area contributed by atoms with Crippen molar-refractivity contribution in [2.45, 2.75) is 11.8 Å². The molecule has 1 unspecified atom stereocenters. The van der Waals surface area contributed by atoms with Gasteiger partial charge in [-0.25, -0.2) is 4.39 Å². The maximum absolute atomic E-state index is 12.8. The summed E-state index contributed by atoms with van der Waals surface area (Å²) in [7, 11) is 0. The van der Waals surface area contributed by atoms with Crippen LogP contribution in [0.1, 0.15) is 6.92 Å². The molecule has 0 aromatic heterocycles. The molecule has 0 aliphatic heterocycles. The van der Waals surface area contributed by atoms with Crippen LogP contribution >= 0.6 is 27.7 Å². The first-order valence-corrected chi connectivity index (χ1v) is 6.27. The molecule has 0 N–H and O–H groups in total. The largest absolute Gasteiger partial charge is 0.207 e. The molecule has 0 aliphatic rings. The van der Waals surface area contributed by atoms with Crippen molar-refractivity contribution in [3.05, 3.63) is 30.1 Å². The molecule has 0 amide bonds. The lowest BCUT2D eigenvalue weighted by Crippen LogP contribution is -1.98. The van der Waals surface area contributed by atoms with Gasteiger partial charge in [0, 0.05) is 16.0 Å². The molecule has 1 aromatic carbocycles. The summed E-state index contributed by atoms with van der Waals surface area (Å²) in [6, 6.07) is 6.73. The highest BCUT2D eigenvalue weighted by atomic mass is 79.9. The number of halogens is 2. The average Bonchev–Trinajstić information content (AvgIpc) is 2.14. The van der Waals surface area contributed by atoms with Crippen LogP contribution in [0.5, 0.6) is 0 Å². The summed E-state index contributed by atoms with van der Waals surface area (Å²) >= 11 is 5.11. The van der Waals surface area contributed by atoms with Crippen LogP contribution < -0.4 is 0 Å². The Hall–Kier alpha value is -0.0200. The van der Waals surface area contributed by atoms with E-state index in [1.807, 2.05) is 6.07 Å². The highest BCUT2D eigenvalue weighted by Crippen LogP contribution is 2.21. The van der Waals surface area contributed by atoms with Gasteiger partial charge in [-0.2, -0.15) is 0 Å². The minimum atomic E-state index is -0.156. The van der Waals surface area contributed by atoms with Gasteiger partial charge in [-0.3, -0.25) is 0 Å². The van der Waals surface area contributed by atoms with Crippen molar-refractivity contribution in [2.75, 3.05) is 11.1 Å². The first-order chi connectivity index (χ1) is 6.22. The Kier molecular flexibility index (Phi) is 4.81. The van der Waals surface area contributed by atoms with Gasteiger partial charge >= 0.3 is 0 Å². The van der Waals surface area contributed by atoms with E-state index in [2.05, 4.69) is 22.9 Å². The smallest absolute Gasteiger partial charge is 0.124 e. The summed E-state index contributed by atoms with van der Waals surface area (Å²) in [5.74, 6) is 1.49. The highest BCUT2D eigenvalue weighted by molar-refractivity contribution is 9.09. The fourth-order valence-electron chi connectivity index (χ4n) is 0.840. The van der Waals surface area contributed by atoms with Gasteiger partial charge < -0.3 is 0 Å². The third kappa shape index (κ3) is 4.14. The number of alkyl halides is 1. The first kappa shape index (κ1) is 11.1. The third-order valence-electron chi connectivity index (χ3n) is 1.59. The molecule has 13 heavy (non-hydrogen) atoms. The van der Waals surface area contributed by atoms with Crippen LogP contribution in [0.25, 0.3) is 0 Å². The molecule has 0 fully saturated rings. The number of benzene rings is 1. The summed E-state index contributed by atoms with van der Waals surface area (Å²) < 4.78 is 12.8. The molecule has 0 nitrogen and oxygen atoms in total. The average molecular weight is 263 g/mol. The molecule has 3 heteroatoms. The van der Waals surface area contributed by atoms with Crippen LogP contribution in [-0.4, -0.2) is 11.1 Å². The molecule has 0 spiro atoms. The van der Waals surface area contributed by atoms with Gasteiger partial charge in [0.15, 0.2) is 0 Å². The lowest BCUT2D eigenvalue weighted by Gasteiger charge is -2.06. The maximum atomic E-state index is 12.8. The van der Waals surface area contributed by atoms with Crippen molar-refractivity contribution in [3.63, 3.8) is 0 Å². The standard InChI is InChI=1S/C10H12BrFS/c1-8(6-11)7-13-10-4-2-3-9(12)5-10/h2-5,8H,6-7H2,1H3. The highest BCUT2D eigenvalue weighted by Gasteiger charge is 2.01. The zero-order valence-electron chi connectivity index (χ0n) is 7.47. The lowest BCUT2D eigenvalue weighted by atomic mass is 10.3. The monoisotopic (exact) mass is 262 g/mol. The van der Waals surface area contributed by atoms with Crippen molar-refractivity contribution in [1.82, 2.24) is 0 Å². The van der Waals surface area contributed by atoms with Crippen molar-refractivity contribution in [2.24, 2.45) is 5.92 Å². The van der Waals surface area contributed by atoms with E-state index in [9.17, 15) is 4.39 Å². The Morgan fingerprint density at radius 2 is 2.31 bits per heavy atom. The minimum Gasteiger partial charge on any atom is -0.207 e. The summed E-state index contributed by atoms with van der Waals surface area (Å²) in [4.78, 5) is 1.01. The van der Waals surface area contributed by atoms with E-state index in [0.717, 1.165) is 16.0 Å². The zero-order valence-corrected chi connectivity index (χ0v) is 9.87. The number of hydrogen-bond acceptors (Lipinski definition) is 1. The number of thioether (sulfide) groups is 1. The molecular formula is C10H12BrFS. The van der Waals surface area contributed by atoms with Crippen molar-refractivity contribution < 1.29 is 4.39 Å². The van der Waals surface area contributed by atoms with Gasteiger partial charge in [-0.1, -0.05) is 28.9 Å². The van der Waals surface area contributed by atoms with Gasteiger partial charge in [0.25, 0.3) is 0 Å². The molecule has 0 saturated carbocycles. The molecular weight excluding hydrogens is 251 g/mol. The van der Waals surface area contributed by atoms with Crippen molar-refractivity contribution in [1.29, 1.82) is 0 Å². The molecule has 72 valence electrons. The van der Waals surface area contributed by atoms with Crippen LogP contribution in [0.3, 0.4) is 0 Å². The van der Waals surface area contributed by atoms with Crippen LogP contribution in [0.2, 0.25) is 0 Å². The predicted molar refractivity (Wildman–Crippen MR) is 60.1 cm³/mol. The van der Waals surface area contributed by atoms with Gasteiger partial charge in [0.2, 0.25) is 0 Å². The molecule has 0 aliphatic carbocycles. The fraction of sp³-hybridized carbons (Fsp3) is 0.400. The first-order valence-electron chi connectivity index (χ1n) is 4.16. The van der Waals surface area contributed by atoms with E-state index in [-0.39, 0.29) is 5.82 Å². The molecule has 1 aromatic rings. The van der Waals surface area contributed by atoms with Crippen LogP contribution in [0.4, 0.5) is 4.39 Å². The zero-order chi connectivity index (χ0) is 9.68. The summed E-state index contributed by atoms with van der Waals surface area (Å²) in [5, 5.41) is 0.995. The Morgan fingerprint density at radius 1 is 1.54 bits per heavy atom. The quantitative estimate of drug-likeness (QED) is 0.585. The number of rotatable bonds is 4. The van der Waals surface area contributed by atoms with E-state index >= 15 is 0 Å². The molecule has 0 bridgehead atoms. The minimum absolute atomic E-state index is 0.156. The van der Waals surface area contributed by atoms with Crippen molar-refractivity contribution >= 4 is 27.7 Å². The van der Waals surface area contributed by atoms with E-state index < -0.39 is 0 Å². The maximum Gasteiger partial charge on any atom is 0.124 e. The number of hydrogen-bond donors (Lipinski definition) is 0. The Labute approximate surface area is 91.0 Å². The summed E-state index contributed by atoms with van der Waals surface area (Å²) in [6.07, 6.45) is 0. The SMILES string of the molecule is CC(CBr)CSc1cccc(F)c1. The fourth-order valence-corrected chi connectivity index (χ4v) is 2.34. The summed E-state index contributed by atoms with van der Waals surface area (Å²) in [6.45, 7) is 2.17. The Balaban J connectivity index is 2.45. The van der Waals surface area contributed by atoms with Gasteiger partial charge in [0.1, 0.15) is 5.82 Å². The molecule has 0 radical (unpaired) electrons. The molecule has 1 atom stereocenters. The predicted octanol–water partition coefficient (Wildman–Crippen LogP) is 3.95. The topological polar surface area (TPSA) is 0 Å². The van der Waals surface area contributed by atoms with E-state index in [1.54, 1.807) is 23.9 Å². The van der Waals surface area contributed by atoms with Gasteiger partial charge in [0.05, 0.1) is 0 Å². The molecule has 1 rings (SSSR count). The molecule has 0 saturated heterocycles. The summed E-state index contributed by atoms with van der Waals surface area (Å²) in [5.41, 5.74) is 0. The molecule has 0 heterocycles. The van der Waals surface area contributed by atoms with Crippen LogP contribution in [0, 0.1) is 11.7 Å².